The van der Waals surface area contributed by atoms with Gasteiger partial charge in [-0.05, 0) is 43.7 Å². The molecule has 0 N–H and O–H groups in total. The van der Waals surface area contributed by atoms with Crippen molar-refractivity contribution in [3.8, 4) is 0 Å². The Hall–Kier alpha value is -2.83. The van der Waals surface area contributed by atoms with Gasteiger partial charge in [0, 0.05) is 60.8 Å². The number of aromatic nitrogens is 1. The van der Waals surface area contributed by atoms with Crippen molar-refractivity contribution >= 4 is 52.0 Å². The summed E-state index contributed by atoms with van der Waals surface area (Å²) in [6, 6.07) is 13.9. The van der Waals surface area contributed by atoms with Crippen LogP contribution in [0.25, 0.3) is 10.9 Å². The van der Waals surface area contributed by atoms with Crippen molar-refractivity contribution in [2.45, 2.75) is 44.9 Å². The number of benzene rings is 2. The van der Waals surface area contributed by atoms with Crippen LogP contribution in [0.3, 0.4) is 0 Å². The maximum absolute atomic E-state index is 12.6. The SMILES string of the molecule is CC(C)n1cc(CN2CCC3(CC2)CN(c2ccccc2)C(=O)O3)c2cc(Cl)cc(Cl)c21.O=C=O. The van der Waals surface area contributed by atoms with E-state index in [9.17, 15) is 4.79 Å². The Morgan fingerprint density at radius 1 is 1.09 bits per heavy atom. The molecule has 3 heterocycles. The van der Waals surface area contributed by atoms with Crippen LogP contribution < -0.4 is 4.90 Å². The van der Waals surface area contributed by atoms with Gasteiger partial charge in [-0.2, -0.15) is 9.59 Å². The number of amides is 1. The topological polar surface area (TPSA) is 71.8 Å². The molecule has 0 radical (unpaired) electrons. The number of fused-ring (bicyclic) bond motifs is 1. The first-order valence-electron chi connectivity index (χ1n) is 11.5. The van der Waals surface area contributed by atoms with Crippen LogP contribution in [-0.2, 0) is 20.9 Å². The van der Waals surface area contributed by atoms with Crippen LogP contribution in [0.15, 0.2) is 48.7 Å². The van der Waals surface area contributed by atoms with Gasteiger partial charge in [-0.3, -0.25) is 9.80 Å². The molecular formula is C26H27Cl2N3O4. The highest BCUT2D eigenvalue weighted by Gasteiger charge is 2.47. The van der Waals surface area contributed by atoms with Crippen molar-refractivity contribution < 1.29 is 19.1 Å². The molecule has 0 aliphatic carbocycles. The first-order chi connectivity index (χ1) is 16.8. The molecule has 0 atom stereocenters. The molecule has 1 amide bonds. The van der Waals surface area contributed by atoms with Gasteiger partial charge in [0.15, 0.2) is 0 Å². The minimum atomic E-state index is -0.401. The summed E-state index contributed by atoms with van der Waals surface area (Å²) >= 11 is 12.9. The van der Waals surface area contributed by atoms with E-state index >= 15 is 0 Å². The number of ether oxygens (including phenoxy) is 1. The first kappa shape index (κ1) is 25.3. The lowest BCUT2D eigenvalue weighted by molar-refractivity contribution is -0.191. The second-order valence-electron chi connectivity index (χ2n) is 9.27. The number of carbonyl (C=O) groups is 1. The van der Waals surface area contributed by atoms with Crippen LogP contribution in [0, 0.1) is 0 Å². The van der Waals surface area contributed by atoms with Crippen molar-refractivity contribution in [1.82, 2.24) is 9.47 Å². The third-order valence-corrected chi connectivity index (χ3v) is 7.19. The third-order valence-electron chi connectivity index (χ3n) is 6.68. The molecule has 2 aliphatic heterocycles. The average molecular weight is 516 g/mol. The number of halogens is 2. The second-order valence-corrected chi connectivity index (χ2v) is 10.1. The number of anilines is 1. The maximum Gasteiger partial charge on any atom is 0.415 e. The molecule has 2 saturated heterocycles. The van der Waals surface area contributed by atoms with E-state index in [1.54, 1.807) is 4.90 Å². The number of likely N-dealkylation sites (tertiary alicyclic amines) is 1. The van der Waals surface area contributed by atoms with Crippen molar-refractivity contribution in [3.63, 3.8) is 0 Å². The minimum absolute atomic E-state index is 0.242. The van der Waals surface area contributed by atoms with Crippen molar-refractivity contribution in [2.75, 3.05) is 24.5 Å². The summed E-state index contributed by atoms with van der Waals surface area (Å²) in [7, 11) is 0. The Morgan fingerprint density at radius 3 is 2.37 bits per heavy atom. The number of rotatable bonds is 4. The summed E-state index contributed by atoms with van der Waals surface area (Å²) in [4.78, 5) is 33.0. The quantitative estimate of drug-likeness (QED) is 0.430. The molecule has 35 heavy (non-hydrogen) atoms. The number of hydrogen-bond donors (Lipinski definition) is 0. The molecule has 184 valence electrons. The molecule has 9 heteroatoms. The van der Waals surface area contributed by atoms with Crippen LogP contribution in [-0.4, -0.2) is 46.9 Å². The lowest BCUT2D eigenvalue weighted by atomic mass is 9.91. The molecule has 2 aliphatic rings. The van der Waals surface area contributed by atoms with E-state index in [0.29, 0.717) is 22.6 Å². The van der Waals surface area contributed by atoms with Crippen LogP contribution in [0.1, 0.15) is 38.3 Å². The molecule has 7 nitrogen and oxygen atoms in total. The fourth-order valence-corrected chi connectivity index (χ4v) is 5.55. The van der Waals surface area contributed by atoms with E-state index in [2.05, 4.69) is 29.5 Å². The van der Waals surface area contributed by atoms with Gasteiger partial charge in [0.05, 0.1) is 17.1 Å². The Labute approximate surface area is 214 Å². The lowest BCUT2D eigenvalue weighted by Gasteiger charge is -2.37. The average Bonchev–Trinajstić information content (AvgIpc) is 3.34. The van der Waals surface area contributed by atoms with Crippen LogP contribution >= 0.6 is 23.2 Å². The highest BCUT2D eigenvalue weighted by Crippen LogP contribution is 2.38. The van der Waals surface area contributed by atoms with E-state index in [1.807, 2.05) is 42.5 Å². The molecule has 5 rings (SSSR count). The number of para-hydroxylation sites is 1. The van der Waals surface area contributed by atoms with E-state index in [4.69, 9.17) is 37.5 Å². The standard InChI is InChI=1S/C25H27Cl2N3O2.CO2/c1-17(2)29-15-18(21-12-19(26)13-22(27)23(21)29)14-28-10-8-25(9-11-28)16-30(24(31)32-25)20-6-4-3-5-7-20;2-1-3/h3-7,12-13,15,17H,8-11,14,16H2,1-2H3;. The monoisotopic (exact) mass is 515 g/mol. The molecule has 0 saturated carbocycles. The number of piperidine rings is 1. The van der Waals surface area contributed by atoms with Gasteiger partial charge in [-0.1, -0.05) is 41.4 Å². The lowest BCUT2D eigenvalue weighted by Crippen LogP contribution is -2.46. The maximum atomic E-state index is 12.6. The zero-order chi connectivity index (χ0) is 25.2. The van der Waals surface area contributed by atoms with E-state index in [-0.39, 0.29) is 12.2 Å². The Bertz CT molecular complexity index is 1240. The summed E-state index contributed by atoms with van der Waals surface area (Å²) in [6.45, 7) is 7.50. The summed E-state index contributed by atoms with van der Waals surface area (Å²) < 4.78 is 8.14. The summed E-state index contributed by atoms with van der Waals surface area (Å²) in [5.74, 6) is 0. The van der Waals surface area contributed by atoms with Crippen LogP contribution in [0.5, 0.6) is 0 Å². The number of nitrogens with zero attached hydrogens (tertiary/aromatic N) is 3. The predicted octanol–water partition coefficient (Wildman–Crippen LogP) is 5.94. The zero-order valence-corrected chi connectivity index (χ0v) is 21.2. The van der Waals surface area contributed by atoms with Gasteiger partial charge >= 0.3 is 12.2 Å². The highest BCUT2D eigenvalue weighted by molar-refractivity contribution is 6.38. The largest absolute Gasteiger partial charge is 0.441 e. The van der Waals surface area contributed by atoms with Gasteiger partial charge in [-0.25, -0.2) is 4.79 Å². The molecule has 2 aromatic carbocycles. The first-order valence-corrected chi connectivity index (χ1v) is 12.3. The van der Waals surface area contributed by atoms with Gasteiger partial charge in [-0.15, -0.1) is 0 Å². The third kappa shape index (κ3) is 5.24. The molecule has 1 spiro atoms. The minimum Gasteiger partial charge on any atom is -0.441 e. The van der Waals surface area contributed by atoms with Gasteiger partial charge in [0.25, 0.3) is 0 Å². The van der Waals surface area contributed by atoms with Crippen molar-refractivity contribution in [2.24, 2.45) is 0 Å². The molecule has 1 aromatic heterocycles. The smallest absolute Gasteiger partial charge is 0.415 e. The fourth-order valence-electron chi connectivity index (χ4n) is 4.96. The molecule has 2 fully saturated rings. The van der Waals surface area contributed by atoms with E-state index < -0.39 is 5.60 Å². The predicted molar refractivity (Wildman–Crippen MR) is 135 cm³/mol. The summed E-state index contributed by atoms with van der Waals surface area (Å²) in [5.41, 5.74) is 2.76. The Balaban J connectivity index is 0.000000917. The van der Waals surface area contributed by atoms with Crippen LogP contribution in [0.4, 0.5) is 10.5 Å². The van der Waals surface area contributed by atoms with Gasteiger partial charge < -0.3 is 9.30 Å². The second kappa shape index (κ2) is 10.4. The normalized spacial score (nSPS) is 17.4. The van der Waals surface area contributed by atoms with Gasteiger partial charge in [0.1, 0.15) is 5.60 Å². The molecular weight excluding hydrogens is 489 g/mol. The van der Waals surface area contributed by atoms with Crippen molar-refractivity contribution in [1.29, 1.82) is 0 Å². The Morgan fingerprint density at radius 2 is 1.74 bits per heavy atom. The highest BCUT2D eigenvalue weighted by atomic mass is 35.5. The molecule has 0 unspecified atom stereocenters. The van der Waals surface area contributed by atoms with Gasteiger partial charge in [0.2, 0.25) is 0 Å². The van der Waals surface area contributed by atoms with Crippen LogP contribution in [0.2, 0.25) is 10.0 Å². The number of hydrogen-bond acceptors (Lipinski definition) is 5. The zero-order valence-electron chi connectivity index (χ0n) is 19.7. The fraction of sp³-hybridized carbons (Fsp3) is 0.385. The Kier molecular flexibility index (Phi) is 7.53. The summed E-state index contributed by atoms with van der Waals surface area (Å²) in [6.07, 6.45) is 3.86. The molecule has 0 bridgehead atoms. The number of carbonyl (C=O) groups excluding carboxylic acids is 3. The van der Waals surface area contributed by atoms with E-state index in [1.165, 1.54) is 5.56 Å². The van der Waals surface area contributed by atoms with Crippen molar-refractivity contribution in [3.05, 3.63) is 64.3 Å². The molecule has 3 aromatic rings. The van der Waals surface area contributed by atoms with E-state index in [0.717, 1.165) is 49.1 Å². The summed E-state index contributed by atoms with van der Waals surface area (Å²) in [5, 5.41) is 2.45.